The highest BCUT2D eigenvalue weighted by Crippen LogP contribution is 2.19. The average Bonchev–Trinajstić information content (AvgIpc) is 2.84. The summed E-state index contributed by atoms with van der Waals surface area (Å²) in [5.74, 6) is -1.10. The molecule has 1 unspecified atom stereocenters. The molecule has 1 aliphatic rings. The summed E-state index contributed by atoms with van der Waals surface area (Å²) in [6.07, 6.45) is 0.935. The summed E-state index contributed by atoms with van der Waals surface area (Å²) in [6, 6.07) is 14.8. The molecule has 0 saturated carbocycles. The molecular formula is C24H31N3O5S. The molecule has 2 N–H and O–H groups in total. The number of benzene rings is 2. The molecule has 1 aliphatic heterocycles. The van der Waals surface area contributed by atoms with Crippen molar-refractivity contribution >= 4 is 33.0 Å². The van der Waals surface area contributed by atoms with Gasteiger partial charge in [0.25, 0.3) is 0 Å². The number of nitrogens with one attached hydrogen (secondary N) is 2. The number of carbonyl (C=O) groups is 2. The predicted octanol–water partition coefficient (Wildman–Crippen LogP) is 2.61. The zero-order chi connectivity index (χ0) is 23.7. The van der Waals surface area contributed by atoms with Crippen LogP contribution in [0.1, 0.15) is 26.2 Å². The SMILES string of the molecule is CCCC(NC(=O)CCS(=O)(=O)c1ccccc1)C(=O)Nc1ccc(N2CCOCC2)cc1. The summed E-state index contributed by atoms with van der Waals surface area (Å²) < 4.78 is 30.2. The molecule has 0 bridgehead atoms. The fourth-order valence-corrected chi connectivity index (χ4v) is 4.86. The summed E-state index contributed by atoms with van der Waals surface area (Å²) in [4.78, 5) is 27.6. The Balaban J connectivity index is 1.54. The van der Waals surface area contributed by atoms with Crippen LogP contribution < -0.4 is 15.5 Å². The molecule has 2 aromatic carbocycles. The van der Waals surface area contributed by atoms with E-state index in [0.29, 0.717) is 31.7 Å². The van der Waals surface area contributed by atoms with E-state index in [2.05, 4.69) is 15.5 Å². The van der Waals surface area contributed by atoms with Crippen molar-refractivity contribution in [1.82, 2.24) is 5.32 Å². The van der Waals surface area contributed by atoms with Gasteiger partial charge in [-0.15, -0.1) is 0 Å². The van der Waals surface area contributed by atoms with Crippen LogP contribution in [-0.2, 0) is 24.2 Å². The highest BCUT2D eigenvalue weighted by atomic mass is 32.2. The van der Waals surface area contributed by atoms with Gasteiger partial charge in [0, 0.05) is 30.9 Å². The smallest absolute Gasteiger partial charge is 0.246 e. The van der Waals surface area contributed by atoms with E-state index in [1.807, 2.05) is 31.2 Å². The number of carbonyl (C=O) groups excluding carboxylic acids is 2. The molecule has 1 heterocycles. The second-order valence-electron chi connectivity index (χ2n) is 7.93. The van der Waals surface area contributed by atoms with Gasteiger partial charge in [0.2, 0.25) is 11.8 Å². The van der Waals surface area contributed by atoms with Crippen molar-refractivity contribution in [1.29, 1.82) is 0 Å². The third kappa shape index (κ3) is 7.30. The van der Waals surface area contributed by atoms with E-state index in [0.717, 1.165) is 18.8 Å². The van der Waals surface area contributed by atoms with Crippen molar-refractivity contribution in [2.45, 2.75) is 37.1 Å². The number of anilines is 2. The molecule has 3 rings (SSSR count). The van der Waals surface area contributed by atoms with E-state index in [-0.39, 0.29) is 23.0 Å². The monoisotopic (exact) mass is 473 g/mol. The minimum atomic E-state index is -3.56. The molecule has 0 spiro atoms. The van der Waals surface area contributed by atoms with E-state index < -0.39 is 21.8 Å². The third-order valence-electron chi connectivity index (χ3n) is 5.44. The zero-order valence-electron chi connectivity index (χ0n) is 18.8. The Labute approximate surface area is 195 Å². The molecule has 0 radical (unpaired) electrons. The van der Waals surface area contributed by atoms with Gasteiger partial charge in [-0.3, -0.25) is 9.59 Å². The molecule has 2 aromatic rings. The molecule has 178 valence electrons. The van der Waals surface area contributed by atoms with Crippen LogP contribution in [0.25, 0.3) is 0 Å². The first-order valence-electron chi connectivity index (χ1n) is 11.2. The summed E-state index contributed by atoms with van der Waals surface area (Å²) in [5.41, 5.74) is 1.70. The van der Waals surface area contributed by atoms with Gasteiger partial charge >= 0.3 is 0 Å². The van der Waals surface area contributed by atoms with Crippen LogP contribution in [0.5, 0.6) is 0 Å². The average molecular weight is 474 g/mol. The third-order valence-corrected chi connectivity index (χ3v) is 7.17. The second-order valence-corrected chi connectivity index (χ2v) is 10.0. The summed E-state index contributed by atoms with van der Waals surface area (Å²) in [7, 11) is -3.56. The normalized spacial score (nSPS) is 15.0. The number of morpholine rings is 1. The van der Waals surface area contributed by atoms with Crippen molar-refractivity contribution in [3.63, 3.8) is 0 Å². The Kier molecular flexibility index (Phi) is 8.85. The van der Waals surface area contributed by atoms with Gasteiger partial charge < -0.3 is 20.3 Å². The number of sulfone groups is 1. The zero-order valence-corrected chi connectivity index (χ0v) is 19.6. The van der Waals surface area contributed by atoms with Gasteiger partial charge in [-0.05, 0) is 42.8 Å². The predicted molar refractivity (Wildman–Crippen MR) is 128 cm³/mol. The lowest BCUT2D eigenvalue weighted by Gasteiger charge is -2.29. The Hall–Kier alpha value is -2.91. The van der Waals surface area contributed by atoms with Crippen LogP contribution in [0.3, 0.4) is 0 Å². The van der Waals surface area contributed by atoms with Gasteiger partial charge in [0.15, 0.2) is 9.84 Å². The molecule has 2 amide bonds. The van der Waals surface area contributed by atoms with Gasteiger partial charge in [0.1, 0.15) is 6.04 Å². The van der Waals surface area contributed by atoms with Crippen molar-refractivity contribution in [3.05, 3.63) is 54.6 Å². The molecule has 8 nitrogen and oxygen atoms in total. The molecule has 1 fully saturated rings. The number of rotatable bonds is 10. The molecule has 0 aliphatic carbocycles. The molecule has 0 aromatic heterocycles. The highest BCUT2D eigenvalue weighted by molar-refractivity contribution is 7.91. The van der Waals surface area contributed by atoms with E-state index >= 15 is 0 Å². The molecule has 9 heteroatoms. The van der Waals surface area contributed by atoms with Crippen LogP contribution in [0.15, 0.2) is 59.5 Å². The maximum absolute atomic E-state index is 12.8. The van der Waals surface area contributed by atoms with Crippen molar-refractivity contribution in [2.75, 3.05) is 42.3 Å². The first-order valence-corrected chi connectivity index (χ1v) is 12.8. The lowest BCUT2D eigenvalue weighted by Crippen LogP contribution is -2.44. The van der Waals surface area contributed by atoms with Gasteiger partial charge in [-0.25, -0.2) is 8.42 Å². The van der Waals surface area contributed by atoms with Crippen LogP contribution >= 0.6 is 0 Å². The number of ether oxygens (including phenoxy) is 1. The standard InChI is InChI=1S/C24H31N3O5S/c1-2-6-22(26-23(28)13-18-33(30,31)21-7-4-3-5-8-21)24(29)25-19-9-11-20(12-10-19)27-14-16-32-17-15-27/h3-5,7-12,22H,2,6,13-18H2,1H3,(H,25,29)(H,26,28). The van der Waals surface area contributed by atoms with Gasteiger partial charge in [-0.2, -0.15) is 0 Å². The molecule has 1 saturated heterocycles. The maximum atomic E-state index is 12.8. The lowest BCUT2D eigenvalue weighted by molar-refractivity contribution is -0.126. The van der Waals surface area contributed by atoms with E-state index in [9.17, 15) is 18.0 Å². The summed E-state index contributed by atoms with van der Waals surface area (Å²) in [6.45, 7) is 4.98. The van der Waals surface area contributed by atoms with E-state index in [1.54, 1.807) is 18.2 Å². The minimum Gasteiger partial charge on any atom is -0.378 e. The quantitative estimate of drug-likeness (QED) is 0.550. The second kappa shape index (κ2) is 11.8. The van der Waals surface area contributed by atoms with Crippen LogP contribution in [0.4, 0.5) is 11.4 Å². The number of hydrogen-bond donors (Lipinski definition) is 2. The Bertz CT molecular complexity index is 1020. The molecular weight excluding hydrogens is 442 g/mol. The number of hydrogen-bond acceptors (Lipinski definition) is 6. The van der Waals surface area contributed by atoms with Crippen molar-refractivity contribution in [3.8, 4) is 0 Å². The highest BCUT2D eigenvalue weighted by Gasteiger charge is 2.22. The van der Waals surface area contributed by atoms with E-state index in [4.69, 9.17) is 4.74 Å². The number of nitrogens with zero attached hydrogens (tertiary/aromatic N) is 1. The van der Waals surface area contributed by atoms with Crippen LogP contribution in [0, 0.1) is 0 Å². The van der Waals surface area contributed by atoms with Crippen LogP contribution in [0.2, 0.25) is 0 Å². The Morgan fingerprint density at radius 3 is 2.33 bits per heavy atom. The molecule has 33 heavy (non-hydrogen) atoms. The van der Waals surface area contributed by atoms with Crippen LogP contribution in [-0.4, -0.2) is 58.3 Å². The Morgan fingerprint density at radius 2 is 1.70 bits per heavy atom. The number of amides is 2. The first kappa shape index (κ1) is 24.7. The van der Waals surface area contributed by atoms with E-state index in [1.165, 1.54) is 12.1 Å². The maximum Gasteiger partial charge on any atom is 0.246 e. The summed E-state index contributed by atoms with van der Waals surface area (Å²) in [5, 5.41) is 5.53. The largest absolute Gasteiger partial charge is 0.378 e. The van der Waals surface area contributed by atoms with Gasteiger partial charge in [-0.1, -0.05) is 31.5 Å². The Morgan fingerprint density at radius 1 is 1.03 bits per heavy atom. The van der Waals surface area contributed by atoms with Crippen molar-refractivity contribution in [2.24, 2.45) is 0 Å². The van der Waals surface area contributed by atoms with Gasteiger partial charge in [0.05, 0.1) is 23.9 Å². The van der Waals surface area contributed by atoms with Crippen molar-refractivity contribution < 1.29 is 22.7 Å². The lowest BCUT2D eigenvalue weighted by atomic mass is 10.1. The molecule has 1 atom stereocenters. The summed E-state index contributed by atoms with van der Waals surface area (Å²) >= 11 is 0. The fourth-order valence-electron chi connectivity index (χ4n) is 3.60. The topological polar surface area (TPSA) is 105 Å². The fraction of sp³-hybridized carbons (Fsp3) is 0.417. The first-order chi connectivity index (χ1) is 15.9. The minimum absolute atomic E-state index is 0.182.